The molecule has 2 aliphatic rings. The Morgan fingerprint density at radius 3 is 3.12 bits per heavy atom. The quantitative estimate of drug-likeness (QED) is 0.460. The van der Waals surface area contributed by atoms with E-state index in [2.05, 4.69) is 63.8 Å². The topological polar surface area (TPSA) is 0 Å². The minimum absolute atomic E-state index is 0.401. The maximum atomic E-state index is 3.79. The van der Waals surface area contributed by atoms with E-state index in [-0.39, 0.29) is 0 Å². The van der Waals surface area contributed by atoms with Gasteiger partial charge in [0.05, 0.1) is 0 Å². The Bertz CT molecular complexity index is 531. The van der Waals surface area contributed by atoms with Crippen molar-refractivity contribution >= 4 is 52.8 Å². The average Bonchev–Trinajstić information content (AvgIpc) is 2.36. The van der Waals surface area contributed by atoms with Crippen LogP contribution in [0.15, 0.2) is 57.0 Å². The normalized spacial score (nSPS) is 25.8. The van der Waals surface area contributed by atoms with Crippen molar-refractivity contribution in [2.24, 2.45) is 0 Å². The van der Waals surface area contributed by atoms with E-state index in [4.69, 9.17) is 0 Å². The summed E-state index contributed by atoms with van der Waals surface area (Å²) < 4.78 is 3.61. The molecule has 1 radical (unpaired) electrons. The third-order valence-corrected chi connectivity index (χ3v) is 8.60. The predicted molar refractivity (Wildman–Crippen MR) is 81.0 cm³/mol. The summed E-state index contributed by atoms with van der Waals surface area (Å²) >= 11 is 5.22. The SMILES string of the molecule is BrC1S/C=C2/C=CCC=[C]2[Sb][c]2ccccc21. The van der Waals surface area contributed by atoms with Crippen molar-refractivity contribution in [3.05, 3.63) is 62.6 Å². The molecule has 0 nitrogen and oxygen atoms in total. The first-order valence-corrected chi connectivity index (χ1v) is 9.93. The molecule has 1 aromatic rings. The molecule has 0 N–H and O–H groups in total. The molecule has 1 unspecified atom stereocenters. The van der Waals surface area contributed by atoms with Crippen LogP contribution in [-0.4, -0.2) is 21.6 Å². The van der Waals surface area contributed by atoms with Crippen molar-refractivity contribution in [1.29, 1.82) is 0 Å². The van der Waals surface area contributed by atoms with Gasteiger partial charge in [-0.25, -0.2) is 0 Å². The maximum absolute atomic E-state index is 3.79. The van der Waals surface area contributed by atoms with Gasteiger partial charge in [0.1, 0.15) is 0 Å². The van der Waals surface area contributed by atoms with E-state index in [1.807, 2.05) is 11.8 Å². The van der Waals surface area contributed by atoms with E-state index in [1.165, 1.54) is 11.1 Å². The van der Waals surface area contributed by atoms with Crippen LogP contribution in [0.4, 0.5) is 0 Å². The van der Waals surface area contributed by atoms with Crippen LogP contribution in [-0.2, 0) is 0 Å². The van der Waals surface area contributed by atoms with Crippen LogP contribution in [0, 0.1) is 0 Å². The van der Waals surface area contributed by atoms with Gasteiger partial charge in [-0.1, -0.05) is 0 Å². The molecule has 17 heavy (non-hydrogen) atoms. The van der Waals surface area contributed by atoms with Crippen molar-refractivity contribution in [2.75, 3.05) is 0 Å². The molecule has 0 amide bonds. The van der Waals surface area contributed by atoms with Crippen LogP contribution in [0.2, 0.25) is 0 Å². The molecule has 0 fully saturated rings. The summed E-state index contributed by atoms with van der Waals surface area (Å²) in [4.78, 5) is 0. The molecule has 1 heterocycles. The zero-order chi connectivity index (χ0) is 11.7. The summed E-state index contributed by atoms with van der Waals surface area (Å²) in [5.74, 6) is 0. The Balaban J connectivity index is 2.06. The molecular weight excluding hydrogens is 402 g/mol. The molecule has 3 rings (SSSR count). The monoisotopic (exact) mass is 411 g/mol. The molecule has 0 saturated heterocycles. The van der Waals surface area contributed by atoms with Crippen LogP contribution in [0.25, 0.3) is 0 Å². The van der Waals surface area contributed by atoms with Gasteiger partial charge in [-0.3, -0.25) is 0 Å². The summed E-state index contributed by atoms with van der Waals surface area (Å²) in [6, 6.07) is 8.88. The first kappa shape index (κ1) is 12.1. The van der Waals surface area contributed by atoms with E-state index < -0.39 is 21.6 Å². The summed E-state index contributed by atoms with van der Waals surface area (Å²) in [6.45, 7) is 0. The molecule has 85 valence electrons. The van der Waals surface area contributed by atoms with E-state index in [0.717, 1.165) is 6.42 Å². The summed E-state index contributed by atoms with van der Waals surface area (Å²) in [6.07, 6.45) is 8.05. The molecule has 0 spiro atoms. The minimum atomic E-state index is -0.437. The van der Waals surface area contributed by atoms with Gasteiger partial charge in [0.25, 0.3) is 0 Å². The van der Waals surface area contributed by atoms with Crippen molar-refractivity contribution in [3.8, 4) is 0 Å². The number of rotatable bonds is 0. The molecule has 1 atom stereocenters. The standard InChI is InChI=1S/C14H11BrS.Sb/c15-14(13-9-5-2-6-10-13)16-11-12-7-3-1-4-8-12;/h2-7,9,11,14H,1H2;/b12-11-;. The number of hydrogen-bond acceptors (Lipinski definition) is 1. The molecular formula is C14H11BrSSb. The van der Waals surface area contributed by atoms with Gasteiger partial charge >= 0.3 is 126 Å². The number of halogens is 1. The van der Waals surface area contributed by atoms with Crippen LogP contribution < -0.4 is 3.51 Å². The number of benzene rings is 1. The molecule has 0 saturated carbocycles. The number of allylic oxidation sites excluding steroid dienone is 5. The Labute approximate surface area is 125 Å². The van der Waals surface area contributed by atoms with Crippen molar-refractivity contribution < 1.29 is 0 Å². The summed E-state index contributed by atoms with van der Waals surface area (Å²) in [7, 11) is 0. The van der Waals surface area contributed by atoms with Gasteiger partial charge in [-0.2, -0.15) is 0 Å². The fourth-order valence-corrected chi connectivity index (χ4v) is 7.98. The third-order valence-electron chi connectivity index (χ3n) is 2.78. The van der Waals surface area contributed by atoms with E-state index >= 15 is 0 Å². The second-order valence-electron chi connectivity index (χ2n) is 3.92. The van der Waals surface area contributed by atoms with Crippen LogP contribution in [0.3, 0.4) is 0 Å². The Morgan fingerprint density at radius 2 is 2.18 bits per heavy atom. The first-order chi connectivity index (χ1) is 8.34. The van der Waals surface area contributed by atoms with Gasteiger partial charge in [0.15, 0.2) is 0 Å². The van der Waals surface area contributed by atoms with Gasteiger partial charge < -0.3 is 0 Å². The molecule has 0 aromatic heterocycles. The Kier molecular flexibility index (Phi) is 3.84. The molecule has 0 bridgehead atoms. The van der Waals surface area contributed by atoms with Crippen molar-refractivity contribution in [1.82, 2.24) is 0 Å². The second kappa shape index (κ2) is 5.38. The van der Waals surface area contributed by atoms with Crippen LogP contribution >= 0.6 is 27.7 Å². The van der Waals surface area contributed by atoms with Crippen molar-refractivity contribution in [2.45, 2.75) is 10.6 Å². The molecule has 1 aliphatic carbocycles. The zero-order valence-corrected chi connectivity index (χ0v) is 14.1. The first-order valence-electron chi connectivity index (χ1n) is 5.52. The van der Waals surface area contributed by atoms with Crippen LogP contribution in [0.5, 0.6) is 0 Å². The van der Waals surface area contributed by atoms with Gasteiger partial charge in [0, 0.05) is 0 Å². The number of thioether (sulfide) groups is 1. The molecule has 3 heteroatoms. The molecule has 1 aromatic carbocycles. The number of alkyl halides is 1. The second-order valence-corrected chi connectivity index (χ2v) is 9.81. The van der Waals surface area contributed by atoms with Gasteiger partial charge in [0.2, 0.25) is 0 Å². The summed E-state index contributed by atoms with van der Waals surface area (Å²) in [5, 5.41) is 2.31. The van der Waals surface area contributed by atoms with E-state index in [0.29, 0.717) is 4.16 Å². The van der Waals surface area contributed by atoms with Crippen molar-refractivity contribution in [3.63, 3.8) is 0 Å². The third kappa shape index (κ3) is 2.59. The zero-order valence-electron chi connectivity index (χ0n) is 9.14. The summed E-state index contributed by atoms with van der Waals surface area (Å²) in [5.41, 5.74) is 2.91. The number of hydrogen-bond donors (Lipinski definition) is 0. The number of fused-ring (bicyclic) bond motifs is 2. The predicted octanol–water partition coefficient (Wildman–Crippen LogP) is 3.88. The Morgan fingerprint density at radius 1 is 1.29 bits per heavy atom. The average molecular weight is 413 g/mol. The fraction of sp³-hybridized carbons (Fsp3) is 0.143. The molecule has 1 aliphatic heterocycles. The van der Waals surface area contributed by atoms with Gasteiger partial charge in [-0.15, -0.1) is 0 Å². The van der Waals surface area contributed by atoms with E-state index in [1.54, 1.807) is 7.03 Å². The van der Waals surface area contributed by atoms with Crippen LogP contribution in [0.1, 0.15) is 16.1 Å². The Hall–Kier alpha value is 0.0882. The fourth-order valence-electron chi connectivity index (χ4n) is 1.91. The van der Waals surface area contributed by atoms with Gasteiger partial charge in [-0.05, 0) is 0 Å². The van der Waals surface area contributed by atoms with E-state index in [9.17, 15) is 0 Å².